The van der Waals surface area contributed by atoms with E-state index in [-0.39, 0.29) is 5.91 Å². The Bertz CT molecular complexity index is 295. The molecule has 2 N–H and O–H groups in total. The number of benzene rings is 1. The van der Waals surface area contributed by atoms with Crippen LogP contribution in [0.15, 0.2) is 24.3 Å². The molecule has 0 aliphatic rings. The molecule has 76 valence electrons. The number of hydrogen-bond donors (Lipinski definition) is 2. The molecule has 1 amide bonds. The fourth-order valence-electron chi connectivity index (χ4n) is 1.01. The number of rotatable bonds is 4. The molecular formula is C10H14N2O2. The normalized spacial score (nSPS) is 9.57. The van der Waals surface area contributed by atoms with E-state index < -0.39 is 0 Å². The number of nitrogens with one attached hydrogen (secondary N) is 2. The molecule has 0 fully saturated rings. The molecule has 0 aromatic heterocycles. The minimum absolute atomic E-state index is 0.0986. The number of methoxy groups -OCH3 is 1. The summed E-state index contributed by atoms with van der Waals surface area (Å²) in [6.45, 7) is 2.06. The van der Waals surface area contributed by atoms with Gasteiger partial charge in [-0.2, -0.15) is 0 Å². The lowest BCUT2D eigenvalue weighted by molar-refractivity contribution is -0.119. The number of carbonyl (C=O) groups excluding carboxylic acids is 1. The van der Waals surface area contributed by atoms with Gasteiger partial charge < -0.3 is 4.74 Å². The lowest BCUT2D eigenvalue weighted by Crippen LogP contribution is -2.34. The van der Waals surface area contributed by atoms with Crippen molar-refractivity contribution >= 4 is 5.91 Å². The summed E-state index contributed by atoms with van der Waals surface area (Å²) in [6.07, 6.45) is 0. The average Bonchev–Trinajstić information content (AvgIpc) is 2.18. The predicted molar refractivity (Wildman–Crippen MR) is 53.7 cm³/mol. The van der Waals surface area contributed by atoms with E-state index in [1.165, 1.54) is 6.92 Å². The second-order valence-electron chi connectivity index (χ2n) is 2.88. The Morgan fingerprint density at radius 3 is 2.50 bits per heavy atom. The average molecular weight is 194 g/mol. The third kappa shape index (κ3) is 3.45. The largest absolute Gasteiger partial charge is 0.497 e. The summed E-state index contributed by atoms with van der Waals surface area (Å²) in [7, 11) is 1.63. The van der Waals surface area contributed by atoms with Crippen LogP contribution in [-0.4, -0.2) is 13.0 Å². The van der Waals surface area contributed by atoms with Gasteiger partial charge in [0.2, 0.25) is 5.91 Å². The van der Waals surface area contributed by atoms with Gasteiger partial charge in [-0.15, -0.1) is 0 Å². The second kappa shape index (κ2) is 5.24. The van der Waals surface area contributed by atoms with Crippen LogP contribution >= 0.6 is 0 Å². The summed E-state index contributed by atoms with van der Waals surface area (Å²) in [6, 6.07) is 7.64. The molecule has 1 rings (SSSR count). The van der Waals surface area contributed by atoms with Crippen LogP contribution in [0.5, 0.6) is 5.75 Å². The van der Waals surface area contributed by atoms with Crippen LogP contribution in [0, 0.1) is 0 Å². The first-order chi connectivity index (χ1) is 6.72. The van der Waals surface area contributed by atoms with Crippen molar-refractivity contribution in [1.29, 1.82) is 0 Å². The minimum atomic E-state index is -0.0986. The van der Waals surface area contributed by atoms with Crippen LogP contribution in [0.4, 0.5) is 0 Å². The van der Waals surface area contributed by atoms with E-state index >= 15 is 0 Å². The molecule has 4 heteroatoms. The number of hydrogen-bond acceptors (Lipinski definition) is 3. The first-order valence-electron chi connectivity index (χ1n) is 4.34. The molecule has 0 saturated heterocycles. The summed E-state index contributed by atoms with van der Waals surface area (Å²) in [4.78, 5) is 10.5. The Morgan fingerprint density at radius 2 is 2.00 bits per heavy atom. The van der Waals surface area contributed by atoms with Gasteiger partial charge in [-0.1, -0.05) is 12.1 Å². The van der Waals surface area contributed by atoms with Crippen molar-refractivity contribution in [2.75, 3.05) is 7.11 Å². The highest BCUT2D eigenvalue weighted by Crippen LogP contribution is 2.10. The van der Waals surface area contributed by atoms with E-state index in [0.29, 0.717) is 6.54 Å². The lowest BCUT2D eigenvalue weighted by Gasteiger charge is -2.05. The molecule has 14 heavy (non-hydrogen) atoms. The van der Waals surface area contributed by atoms with Crippen molar-refractivity contribution in [2.45, 2.75) is 13.5 Å². The van der Waals surface area contributed by atoms with Crippen LogP contribution in [0.3, 0.4) is 0 Å². The van der Waals surface area contributed by atoms with E-state index in [2.05, 4.69) is 10.9 Å². The number of amides is 1. The summed E-state index contributed by atoms with van der Waals surface area (Å²) >= 11 is 0. The maximum Gasteiger partial charge on any atom is 0.230 e. The molecule has 0 radical (unpaired) electrons. The van der Waals surface area contributed by atoms with Crippen molar-refractivity contribution in [3.8, 4) is 5.75 Å². The van der Waals surface area contributed by atoms with Crippen LogP contribution in [-0.2, 0) is 11.3 Å². The Labute approximate surface area is 83.2 Å². The molecule has 0 heterocycles. The minimum Gasteiger partial charge on any atom is -0.497 e. The highest BCUT2D eigenvalue weighted by Gasteiger charge is 1.94. The first kappa shape index (κ1) is 10.5. The molecule has 0 aliphatic carbocycles. The Hall–Kier alpha value is -1.55. The zero-order chi connectivity index (χ0) is 10.4. The van der Waals surface area contributed by atoms with Gasteiger partial charge >= 0.3 is 0 Å². The van der Waals surface area contributed by atoms with E-state index in [1.54, 1.807) is 7.11 Å². The fraction of sp³-hybridized carbons (Fsp3) is 0.300. The van der Waals surface area contributed by atoms with Crippen molar-refractivity contribution in [3.05, 3.63) is 29.8 Å². The molecular weight excluding hydrogens is 180 g/mol. The van der Waals surface area contributed by atoms with Crippen molar-refractivity contribution in [3.63, 3.8) is 0 Å². The van der Waals surface area contributed by atoms with Gasteiger partial charge in [0.15, 0.2) is 0 Å². The van der Waals surface area contributed by atoms with Crippen molar-refractivity contribution in [2.24, 2.45) is 0 Å². The number of carbonyl (C=O) groups is 1. The zero-order valence-electron chi connectivity index (χ0n) is 8.33. The van der Waals surface area contributed by atoms with Gasteiger partial charge in [0.05, 0.1) is 7.11 Å². The molecule has 0 bridgehead atoms. The molecule has 0 aliphatic heterocycles. The van der Waals surface area contributed by atoms with Crippen LogP contribution in [0.25, 0.3) is 0 Å². The maximum absolute atomic E-state index is 10.5. The van der Waals surface area contributed by atoms with Crippen LogP contribution in [0.2, 0.25) is 0 Å². The Morgan fingerprint density at radius 1 is 1.36 bits per heavy atom. The Kier molecular flexibility index (Phi) is 3.94. The fourth-order valence-corrected chi connectivity index (χ4v) is 1.01. The highest BCUT2D eigenvalue weighted by molar-refractivity contribution is 5.72. The standard InChI is InChI=1S/C10H14N2O2/c1-8(13)12-11-7-9-3-5-10(14-2)6-4-9/h3-6,11H,7H2,1-2H3,(H,12,13). The molecule has 0 atom stereocenters. The van der Waals surface area contributed by atoms with Gasteiger partial charge in [-0.05, 0) is 17.7 Å². The van der Waals surface area contributed by atoms with E-state index in [1.807, 2.05) is 24.3 Å². The zero-order valence-corrected chi connectivity index (χ0v) is 8.33. The van der Waals surface area contributed by atoms with Gasteiger partial charge in [0.25, 0.3) is 0 Å². The van der Waals surface area contributed by atoms with Crippen LogP contribution in [0.1, 0.15) is 12.5 Å². The number of hydrazine groups is 1. The smallest absolute Gasteiger partial charge is 0.230 e. The second-order valence-corrected chi connectivity index (χ2v) is 2.88. The quantitative estimate of drug-likeness (QED) is 0.698. The van der Waals surface area contributed by atoms with Gasteiger partial charge in [0.1, 0.15) is 5.75 Å². The highest BCUT2D eigenvalue weighted by atomic mass is 16.5. The van der Waals surface area contributed by atoms with E-state index in [9.17, 15) is 4.79 Å². The van der Waals surface area contributed by atoms with E-state index in [0.717, 1.165) is 11.3 Å². The summed E-state index contributed by atoms with van der Waals surface area (Å²) in [5.41, 5.74) is 6.38. The molecule has 4 nitrogen and oxygen atoms in total. The Balaban J connectivity index is 2.40. The first-order valence-corrected chi connectivity index (χ1v) is 4.34. The lowest BCUT2D eigenvalue weighted by atomic mass is 10.2. The predicted octanol–water partition coefficient (Wildman–Crippen LogP) is 0.836. The van der Waals surface area contributed by atoms with Crippen molar-refractivity contribution in [1.82, 2.24) is 10.9 Å². The monoisotopic (exact) mass is 194 g/mol. The van der Waals surface area contributed by atoms with E-state index in [4.69, 9.17) is 4.74 Å². The third-order valence-corrected chi connectivity index (χ3v) is 1.72. The third-order valence-electron chi connectivity index (χ3n) is 1.72. The molecule has 0 saturated carbocycles. The summed E-state index contributed by atoms with van der Waals surface area (Å²) in [5, 5.41) is 0. The van der Waals surface area contributed by atoms with Crippen LogP contribution < -0.4 is 15.6 Å². The molecule has 1 aromatic carbocycles. The van der Waals surface area contributed by atoms with Gasteiger partial charge in [0, 0.05) is 13.5 Å². The summed E-state index contributed by atoms with van der Waals surface area (Å²) < 4.78 is 5.02. The summed E-state index contributed by atoms with van der Waals surface area (Å²) in [5.74, 6) is 0.729. The topological polar surface area (TPSA) is 50.4 Å². The molecule has 1 aromatic rings. The van der Waals surface area contributed by atoms with Gasteiger partial charge in [-0.25, -0.2) is 5.43 Å². The maximum atomic E-state index is 10.5. The van der Waals surface area contributed by atoms with Crippen molar-refractivity contribution < 1.29 is 9.53 Å². The van der Waals surface area contributed by atoms with Gasteiger partial charge in [-0.3, -0.25) is 10.2 Å². The molecule has 0 spiro atoms. The SMILES string of the molecule is COc1ccc(CNNC(C)=O)cc1. The number of ether oxygens (including phenoxy) is 1. The molecule has 0 unspecified atom stereocenters.